The van der Waals surface area contributed by atoms with Crippen LogP contribution in [0.4, 0.5) is 13.2 Å². The Morgan fingerprint density at radius 2 is 1.84 bits per heavy atom. The topological polar surface area (TPSA) is 27.1 Å². The molecule has 2 aromatic rings. The van der Waals surface area contributed by atoms with Crippen LogP contribution in [0.1, 0.15) is 16.8 Å². The Morgan fingerprint density at radius 3 is 2.36 bits per heavy atom. The quantitative estimate of drug-likeness (QED) is 0.496. The third kappa shape index (κ3) is 5.18. The SMILES string of the molecule is Cc1ccc(-c2c(C)c(C(F)(F)F)cn2COCC[Si](C)(C)C)cn1. The highest BCUT2D eigenvalue weighted by Gasteiger charge is 2.35. The van der Waals surface area contributed by atoms with E-state index >= 15 is 0 Å². The normalized spacial score (nSPS) is 12.6. The number of hydrogen-bond donors (Lipinski definition) is 0. The van der Waals surface area contributed by atoms with Crippen LogP contribution in [0, 0.1) is 13.8 Å². The third-order valence-electron chi connectivity index (χ3n) is 4.05. The number of nitrogens with zero attached hydrogens (tertiary/aromatic N) is 2. The standard InChI is InChI=1S/C18H25F3N2OSi/c1-13-6-7-15(10-22-13)17-14(2)16(18(19,20)21)11-23(17)12-24-8-9-25(3,4)5/h6-7,10-11H,8-9,12H2,1-5H3. The second kappa shape index (κ2) is 7.33. The summed E-state index contributed by atoms with van der Waals surface area (Å²) in [5.74, 6) is 0. The summed E-state index contributed by atoms with van der Waals surface area (Å²) in [6.07, 6.45) is -1.64. The lowest BCUT2D eigenvalue weighted by Gasteiger charge is -2.16. The van der Waals surface area contributed by atoms with Crippen LogP contribution in [0.2, 0.25) is 25.7 Å². The highest BCUT2D eigenvalue weighted by Crippen LogP contribution is 2.37. The largest absolute Gasteiger partial charge is 0.418 e. The first-order valence-electron chi connectivity index (χ1n) is 8.27. The van der Waals surface area contributed by atoms with Crippen LogP contribution in [0.25, 0.3) is 11.3 Å². The Kier molecular flexibility index (Phi) is 5.78. The zero-order chi connectivity index (χ0) is 18.8. The predicted molar refractivity (Wildman–Crippen MR) is 96.2 cm³/mol. The smallest absolute Gasteiger partial charge is 0.361 e. The summed E-state index contributed by atoms with van der Waals surface area (Å²) in [6, 6.07) is 4.57. The Hall–Kier alpha value is -1.60. The van der Waals surface area contributed by atoms with E-state index in [1.54, 1.807) is 18.3 Å². The maximum atomic E-state index is 13.3. The molecule has 0 saturated carbocycles. The molecule has 0 aliphatic carbocycles. The molecule has 25 heavy (non-hydrogen) atoms. The summed E-state index contributed by atoms with van der Waals surface area (Å²) in [5, 5.41) is 0. The zero-order valence-corrected chi connectivity index (χ0v) is 16.4. The van der Waals surface area contributed by atoms with Gasteiger partial charge in [-0.15, -0.1) is 0 Å². The fourth-order valence-corrected chi connectivity index (χ4v) is 3.34. The number of ether oxygens (including phenoxy) is 1. The van der Waals surface area contributed by atoms with Gasteiger partial charge in [0.25, 0.3) is 0 Å². The van der Waals surface area contributed by atoms with E-state index in [2.05, 4.69) is 24.6 Å². The lowest BCUT2D eigenvalue weighted by Crippen LogP contribution is -2.22. The fraction of sp³-hybridized carbons (Fsp3) is 0.500. The van der Waals surface area contributed by atoms with E-state index in [1.165, 1.54) is 11.5 Å². The molecule has 2 rings (SSSR count). The van der Waals surface area contributed by atoms with Crippen molar-refractivity contribution in [2.75, 3.05) is 6.61 Å². The molecule has 0 radical (unpaired) electrons. The molecular weight excluding hydrogens is 345 g/mol. The molecule has 0 N–H and O–H groups in total. The summed E-state index contributed by atoms with van der Waals surface area (Å²) in [4.78, 5) is 4.21. The summed E-state index contributed by atoms with van der Waals surface area (Å²) < 4.78 is 47.1. The van der Waals surface area contributed by atoms with Gasteiger partial charge in [0.15, 0.2) is 0 Å². The Bertz CT molecular complexity index is 716. The summed E-state index contributed by atoms with van der Waals surface area (Å²) in [7, 11) is -1.24. The van der Waals surface area contributed by atoms with Crippen LogP contribution in [-0.2, 0) is 17.6 Å². The summed E-state index contributed by atoms with van der Waals surface area (Å²) in [6.45, 7) is 10.7. The van der Waals surface area contributed by atoms with Crippen molar-refractivity contribution in [1.82, 2.24) is 9.55 Å². The van der Waals surface area contributed by atoms with E-state index in [0.717, 1.165) is 17.9 Å². The minimum absolute atomic E-state index is 0.102. The maximum Gasteiger partial charge on any atom is 0.418 e. The average Bonchev–Trinajstić information content (AvgIpc) is 2.80. The molecule has 0 spiro atoms. The Labute approximate surface area is 147 Å². The summed E-state index contributed by atoms with van der Waals surface area (Å²) >= 11 is 0. The van der Waals surface area contributed by atoms with Crippen molar-refractivity contribution in [3.05, 3.63) is 41.3 Å². The number of hydrogen-bond acceptors (Lipinski definition) is 2. The Morgan fingerprint density at radius 1 is 1.16 bits per heavy atom. The van der Waals surface area contributed by atoms with Crippen molar-refractivity contribution >= 4 is 8.07 Å². The molecule has 0 aliphatic heterocycles. The van der Waals surface area contributed by atoms with Gasteiger partial charge in [-0.25, -0.2) is 0 Å². The zero-order valence-electron chi connectivity index (χ0n) is 15.4. The van der Waals surface area contributed by atoms with Gasteiger partial charge in [-0.3, -0.25) is 4.98 Å². The van der Waals surface area contributed by atoms with Gasteiger partial charge in [0.05, 0.1) is 11.3 Å². The van der Waals surface area contributed by atoms with Crippen molar-refractivity contribution < 1.29 is 17.9 Å². The Balaban J connectivity index is 2.32. The highest BCUT2D eigenvalue weighted by molar-refractivity contribution is 6.76. The number of halogens is 3. The summed E-state index contributed by atoms with van der Waals surface area (Å²) in [5.41, 5.74) is 1.56. The molecule has 138 valence electrons. The number of aromatic nitrogens is 2. The molecule has 3 nitrogen and oxygen atoms in total. The monoisotopic (exact) mass is 370 g/mol. The van der Waals surface area contributed by atoms with E-state index in [1.807, 2.05) is 6.92 Å². The first-order chi connectivity index (χ1) is 11.5. The van der Waals surface area contributed by atoms with E-state index < -0.39 is 19.8 Å². The van der Waals surface area contributed by atoms with Crippen molar-refractivity contribution in [3.63, 3.8) is 0 Å². The third-order valence-corrected chi connectivity index (χ3v) is 5.75. The number of aryl methyl sites for hydroxylation is 1. The molecule has 0 unspecified atom stereocenters. The fourth-order valence-electron chi connectivity index (χ4n) is 2.58. The first kappa shape index (κ1) is 19.7. The minimum Gasteiger partial charge on any atom is -0.361 e. The first-order valence-corrected chi connectivity index (χ1v) is 12.0. The van der Waals surface area contributed by atoms with Crippen LogP contribution < -0.4 is 0 Å². The molecule has 0 saturated heterocycles. The van der Waals surface area contributed by atoms with Gasteiger partial charge in [0.2, 0.25) is 0 Å². The average molecular weight is 370 g/mol. The van der Waals surface area contributed by atoms with Crippen molar-refractivity contribution in [2.24, 2.45) is 0 Å². The molecule has 2 aromatic heterocycles. The van der Waals surface area contributed by atoms with E-state index in [0.29, 0.717) is 17.9 Å². The van der Waals surface area contributed by atoms with Gasteiger partial charge < -0.3 is 9.30 Å². The molecular formula is C18H25F3N2OSi. The van der Waals surface area contributed by atoms with Crippen molar-refractivity contribution in [2.45, 2.75) is 52.4 Å². The molecule has 0 bridgehead atoms. The lowest BCUT2D eigenvalue weighted by atomic mass is 10.1. The second-order valence-corrected chi connectivity index (χ2v) is 13.1. The van der Waals surface area contributed by atoms with Gasteiger partial charge in [0, 0.05) is 38.3 Å². The molecule has 2 heterocycles. The lowest BCUT2D eigenvalue weighted by molar-refractivity contribution is -0.138. The van der Waals surface area contributed by atoms with Crippen LogP contribution in [0.3, 0.4) is 0 Å². The van der Waals surface area contributed by atoms with Crippen LogP contribution in [0.5, 0.6) is 0 Å². The maximum absolute atomic E-state index is 13.3. The van der Waals surface area contributed by atoms with E-state index in [9.17, 15) is 13.2 Å². The predicted octanol–water partition coefficient (Wildman–Crippen LogP) is 5.50. The molecule has 0 amide bonds. The number of alkyl halides is 3. The van der Waals surface area contributed by atoms with Gasteiger partial charge in [-0.2, -0.15) is 13.2 Å². The van der Waals surface area contributed by atoms with Crippen molar-refractivity contribution in [1.29, 1.82) is 0 Å². The van der Waals surface area contributed by atoms with Gasteiger partial charge in [-0.05, 0) is 37.6 Å². The molecule has 0 aromatic carbocycles. The van der Waals surface area contributed by atoms with Gasteiger partial charge >= 0.3 is 6.18 Å². The number of rotatable bonds is 6. The highest BCUT2D eigenvalue weighted by atomic mass is 28.3. The number of pyridine rings is 1. The minimum atomic E-state index is -4.39. The van der Waals surface area contributed by atoms with Crippen molar-refractivity contribution in [3.8, 4) is 11.3 Å². The van der Waals surface area contributed by atoms with Crippen LogP contribution in [0.15, 0.2) is 24.5 Å². The van der Waals surface area contributed by atoms with Gasteiger partial charge in [0.1, 0.15) is 6.73 Å². The van der Waals surface area contributed by atoms with E-state index in [-0.39, 0.29) is 12.3 Å². The van der Waals surface area contributed by atoms with Crippen LogP contribution >= 0.6 is 0 Å². The molecule has 0 aliphatic rings. The second-order valence-electron chi connectivity index (χ2n) is 7.52. The van der Waals surface area contributed by atoms with Gasteiger partial charge in [-0.1, -0.05) is 19.6 Å². The molecule has 0 atom stereocenters. The van der Waals surface area contributed by atoms with E-state index in [4.69, 9.17) is 4.74 Å². The van der Waals surface area contributed by atoms with Crippen LogP contribution in [-0.4, -0.2) is 24.2 Å². The molecule has 7 heteroatoms. The molecule has 0 fully saturated rings.